The zero-order valence-electron chi connectivity index (χ0n) is 14.0. The minimum atomic E-state index is -0.573. The van der Waals surface area contributed by atoms with Crippen LogP contribution in [0.2, 0.25) is 0 Å². The Kier molecular flexibility index (Phi) is 4.12. The number of nitrogens with one attached hydrogen (secondary N) is 2. The summed E-state index contributed by atoms with van der Waals surface area (Å²) in [6.45, 7) is 4.55. The first-order valence-electron chi connectivity index (χ1n) is 7.68. The second kappa shape index (κ2) is 6.12. The van der Waals surface area contributed by atoms with Crippen LogP contribution in [-0.2, 0) is 0 Å². The number of hydrogen-bond acceptors (Lipinski definition) is 3. The Labute approximate surface area is 142 Å². The average Bonchev–Trinajstić information content (AvgIpc) is 2.50. The van der Waals surface area contributed by atoms with Crippen LogP contribution in [0.3, 0.4) is 0 Å². The van der Waals surface area contributed by atoms with Crippen molar-refractivity contribution in [1.29, 1.82) is 0 Å². The van der Waals surface area contributed by atoms with Crippen LogP contribution in [0.1, 0.15) is 28.4 Å². The van der Waals surface area contributed by atoms with Crippen molar-refractivity contribution >= 4 is 28.2 Å². The highest BCUT2D eigenvalue weighted by Crippen LogP contribution is 2.24. The number of hydrogen-bond donors (Lipinski definition) is 2. The number of carbonyl (C=O) groups excluding carboxylic acids is 1. The third kappa shape index (κ3) is 3.03. The second-order valence-corrected chi connectivity index (χ2v) is 6.02. The Morgan fingerprint density at radius 1 is 1.12 bits per heavy atom. The summed E-state index contributed by atoms with van der Waals surface area (Å²) in [6.07, 6.45) is 0. The van der Waals surface area contributed by atoms with Gasteiger partial charge in [-0.25, -0.2) is 8.78 Å². The molecule has 0 saturated heterocycles. The Hall–Kier alpha value is -3.02. The molecular weight excluding hydrogens is 326 g/mol. The molecule has 0 radical (unpaired) electrons. The topological polar surface area (TPSA) is 62.0 Å². The predicted molar refractivity (Wildman–Crippen MR) is 93.7 cm³/mol. The van der Waals surface area contributed by atoms with E-state index in [2.05, 4.69) is 10.3 Å². The van der Waals surface area contributed by atoms with Crippen LogP contribution >= 0.6 is 0 Å². The number of pyridine rings is 1. The highest BCUT2D eigenvalue weighted by atomic mass is 19.1. The standard InChI is InChI=1S/C19H16F2N2O2/c1-9-6-12(20)8-13(7-9)22-19-15(11(3)24)18(25)14-5-4-10(2)16(21)17(14)23-19/h4-8H,1-3H3,(H2,22,23,25). The molecule has 1 aromatic heterocycles. The minimum absolute atomic E-state index is 0.00521. The summed E-state index contributed by atoms with van der Waals surface area (Å²) in [7, 11) is 0. The molecule has 2 aromatic carbocycles. The third-order valence-corrected chi connectivity index (χ3v) is 3.97. The molecule has 0 unspecified atom stereocenters. The molecule has 0 spiro atoms. The number of rotatable bonds is 3. The lowest BCUT2D eigenvalue weighted by atomic mass is 10.1. The molecule has 1 heterocycles. The van der Waals surface area contributed by atoms with Crippen LogP contribution < -0.4 is 10.7 Å². The van der Waals surface area contributed by atoms with E-state index >= 15 is 0 Å². The molecule has 25 heavy (non-hydrogen) atoms. The maximum absolute atomic E-state index is 14.4. The smallest absolute Gasteiger partial charge is 0.202 e. The first-order chi connectivity index (χ1) is 11.8. The zero-order chi connectivity index (χ0) is 18.3. The van der Waals surface area contributed by atoms with Gasteiger partial charge in [0.1, 0.15) is 23.0 Å². The van der Waals surface area contributed by atoms with E-state index in [-0.39, 0.29) is 22.3 Å². The molecule has 0 aliphatic rings. The molecule has 0 aliphatic heterocycles. The van der Waals surface area contributed by atoms with E-state index in [0.29, 0.717) is 16.8 Å². The van der Waals surface area contributed by atoms with E-state index in [0.717, 1.165) is 0 Å². The number of benzene rings is 2. The van der Waals surface area contributed by atoms with Crippen molar-refractivity contribution in [3.05, 3.63) is 68.9 Å². The van der Waals surface area contributed by atoms with Gasteiger partial charge in [0.15, 0.2) is 5.78 Å². The van der Waals surface area contributed by atoms with Crippen molar-refractivity contribution < 1.29 is 13.6 Å². The van der Waals surface area contributed by atoms with Gasteiger partial charge in [-0.15, -0.1) is 0 Å². The largest absolute Gasteiger partial charge is 0.341 e. The van der Waals surface area contributed by atoms with Crippen LogP contribution in [0.25, 0.3) is 10.9 Å². The summed E-state index contributed by atoms with van der Waals surface area (Å²) in [5.74, 6) is -1.46. The van der Waals surface area contributed by atoms with Gasteiger partial charge in [-0.1, -0.05) is 6.07 Å². The van der Waals surface area contributed by atoms with Gasteiger partial charge in [0.05, 0.1) is 5.52 Å². The molecule has 0 fully saturated rings. The predicted octanol–water partition coefficient (Wildman–Crippen LogP) is 4.37. The molecule has 0 atom stereocenters. The number of ketones is 1. The molecule has 3 aromatic rings. The number of halogens is 2. The fraction of sp³-hybridized carbons (Fsp3) is 0.158. The maximum atomic E-state index is 14.4. The molecular formula is C19H16F2N2O2. The molecule has 0 bridgehead atoms. The Balaban J connectivity index is 2.28. The molecule has 2 N–H and O–H groups in total. The number of H-pyrrole nitrogens is 1. The van der Waals surface area contributed by atoms with Gasteiger partial charge in [0.25, 0.3) is 0 Å². The van der Waals surface area contributed by atoms with Gasteiger partial charge in [0, 0.05) is 11.1 Å². The quantitative estimate of drug-likeness (QED) is 0.695. The number of Topliss-reactive ketones (excluding diaryl/α,β-unsaturated/α-hetero) is 1. The van der Waals surface area contributed by atoms with Crippen molar-refractivity contribution in [2.24, 2.45) is 0 Å². The number of carbonyl (C=O) groups is 1. The Morgan fingerprint density at radius 2 is 1.84 bits per heavy atom. The van der Waals surface area contributed by atoms with E-state index in [1.807, 2.05) is 0 Å². The van der Waals surface area contributed by atoms with Crippen LogP contribution in [0.15, 0.2) is 35.1 Å². The van der Waals surface area contributed by atoms with Gasteiger partial charge >= 0.3 is 0 Å². The second-order valence-electron chi connectivity index (χ2n) is 6.02. The number of aryl methyl sites for hydroxylation is 2. The van der Waals surface area contributed by atoms with Gasteiger partial charge in [0.2, 0.25) is 5.43 Å². The van der Waals surface area contributed by atoms with E-state index in [4.69, 9.17) is 0 Å². The molecule has 0 saturated carbocycles. The summed E-state index contributed by atoms with van der Waals surface area (Å²) in [5, 5.41) is 2.92. The van der Waals surface area contributed by atoms with Gasteiger partial charge in [-0.05, 0) is 56.2 Å². The summed E-state index contributed by atoms with van der Waals surface area (Å²) in [4.78, 5) is 27.4. The van der Waals surface area contributed by atoms with Crippen LogP contribution in [-0.4, -0.2) is 10.8 Å². The maximum Gasteiger partial charge on any atom is 0.202 e. The zero-order valence-corrected chi connectivity index (χ0v) is 14.0. The van der Waals surface area contributed by atoms with Gasteiger partial charge < -0.3 is 10.3 Å². The fourth-order valence-corrected chi connectivity index (χ4v) is 2.81. The van der Waals surface area contributed by atoms with Crippen molar-refractivity contribution in [3.63, 3.8) is 0 Å². The van der Waals surface area contributed by atoms with Crippen LogP contribution in [0.4, 0.5) is 20.3 Å². The first-order valence-corrected chi connectivity index (χ1v) is 7.68. The highest BCUT2D eigenvalue weighted by Gasteiger charge is 2.19. The third-order valence-electron chi connectivity index (χ3n) is 3.97. The van der Waals surface area contributed by atoms with E-state index in [1.165, 1.54) is 31.2 Å². The molecule has 3 rings (SSSR count). The van der Waals surface area contributed by atoms with Crippen molar-refractivity contribution in [2.45, 2.75) is 20.8 Å². The molecule has 6 heteroatoms. The van der Waals surface area contributed by atoms with E-state index in [9.17, 15) is 18.4 Å². The molecule has 0 aliphatic carbocycles. The lowest BCUT2D eigenvalue weighted by Crippen LogP contribution is -2.18. The normalized spacial score (nSPS) is 10.9. The minimum Gasteiger partial charge on any atom is -0.341 e. The highest BCUT2D eigenvalue weighted by molar-refractivity contribution is 6.02. The summed E-state index contributed by atoms with van der Waals surface area (Å²) < 4.78 is 28.0. The number of aromatic amines is 1. The van der Waals surface area contributed by atoms with Crippen molar-refractivity contribution in [1.82, 2.24) is 4.98 Å². The number of anilines is 2. The molecule has 0 amide bonds. The average molecular weight is 342 g/mol. The summed E-state index contributed by atoms with van der Waals surface area (Å²) >= 11 is 0. The molecule has 4 nitrogen and oxygen atoms in total. The van der Waals surface area contributed by atoms with Gasteiger partial charge in [-0.3, -0.25) is 9.59 Å². The van der Waals surface area contributed by atoms with Crippen LogP contribution in [0.5, 0.6) is 0 Å². The summed E-state index contributed by atoms with van der Waals surface area (Å²) in [5.41, 5.74) is 0.686. The van der Waals surface area contributed by atoms with E-state index < -0.39 is 22.8 Å². The first kappa shape index (κ1) is 16.8. The lowest BCUT2D eigenvalue weighted by molar-refractivity contribution is 0.101. The monoisotopic (exact) mass is 342 g/mol. The molecule has 128 valence electrons. The number of aromatic nitrogens is 1. The lowest BCUT2D eigenvalue weighted by Gasteiger charge is -2.13. The van der Waals surface area contributed by atoms with Gasteiger partial charge in [-0.2, -0.15) is 0 Å². The Bertz CT molecular complexity index is 1050. The van der Waals surface area contributed by atoms with Crippen molar-refractivity contribution in [2.75, 3.05) is 5.32 Å². The van der Waals surface area contributed by atoms with Crippen LogP contribution in [0, 0.1) is 25.5 Å². The van der Waals surface area contributed by atoms with Crippen molar-refractivity contribution in [3.8, 4) is 0 Å². The fourth-order valence-electron chi connectivity index (χ4n) is 2.81. The van der Waals surface area contributed by atoms with E-state index in [1.54, 1.807) is 19.9 Å². The summed E-state index contributed by atoms with van der Waals surface area (Å²) in [6, 6.07) is 7.20. The SMILES string of the molecule is CC(=O)c1c(Nc2cc(C)cc(F)c2)[nH]c2c(F)c(C)ccc2c1=O. The number of fused-ring (bicyclic) bond motifs is 1. The Morgan fingerprint density at radius 3 is 2.48 bits per heavy atom.